The Kier molecular flexibility index (Phi) is 4.63. The zero-order valence-electron chi connectivity index (χ0n) is 13.0. The summed E-state index contributed by atoms with van der Waals surface area (Å²) in [6.07, 6.45) is 2.99. The summed E-state index contributed by atoms with van der Waals surface area (Å²) < 4.78 is 26.2. The van der Waals surface area contributed by atoms with Crippen molar-refractivity contribution >= 4 is 11.8 Å². The zero-order valence-corrected chi connectivity index (χ0v) is 13.0. The molecule has 2 heterocycles. The molecule has 1 atom stereocenters. The Labute approximate surface area is 134 Å². The lowest BCUT2D eigenvalue weighted by molar-refractivity contribution is -0.0395. The van der Waals surface area contributed by atoms with Crippen molar-refractivity contribution in [3.63, 3.8) is 0 Å². The van der Waals surface area contributed by atoms with Crippen molar-refractivity contribution in [3.05, 3.63) is 24.4 Å². The van der Waals surface area contributed by atoms with Gasteiger partial charge in [-0.15, -0.1) is 0 Å². The third-order valence-electron chi connectivity index (χ3n) is 4.55. The van der Waals surface area contributed by atoms with Crippen LogP contribution in [0.2, 0.25) is 0 Å². The highest BCUT2D eigenvalue weighted by Crippen LogP contribution is 2.32. The number of rotatable bonds is 3. The predicted octanol–water partition coefficient (Wildman–Crippen LogP) is 2.54. The van der Waals surface area contributed by atoms with Gasteiger partial charge in [0.15, 0.2) is 0 Å². The Hall–Kier alpha value is -1.92. The molecule has 1 saturated heterocycles. The summed E-state index contributed by atoms with van der Waals surface area (Å²) in [5.74, 6) is -1.66. The molecule has 0 radical (unpaired) electrons. The van der Waals surface area contributed by atoms with Crippen LogP contribution in [0.25, 0.3) is 0 Å². The number of carbonyl (C=O) groups is 1. The van der Waals surface area contributed by atoms with Crippen molar-refractivity contribution in [3.8, 4) is 0 Å². The number of hydrogen-bond donors (Lipinski definition) is 2. The number of carbonyl (C=O) groups excluding carboxylic acids is 1. The molecule has 126 valence electrons. The highest BCUT2D eigenvalue weighted by Gasteiger charge is 2.35. The van der Waals surface area contributed by atoms with E-state index in [4.69, 9.17) is 0 Å². The highest BCUT2D eigenvalue weighted by molar-refractivity contribution is 5.74. The Morgan fingerprint density at radius 3 is 2.61 bits per heavy atom. The summed E-state index contributed by atoms with van der Waals surface area (Å²) in [7, 11) is 0. The van der Waals surface area contributed by atoms with E-state index < -0.39 is 5.92 Å². The van der Waals surface area contributed by atoms with Gasteiger partial charge in [0.05, 0.1) is 0 Å². The molecule has 2 N–H and O–H groups in total. The first kappa shape index (κ1) is 16.0. The lowest BCUT2D eigenvalue weighted by Crippen LogP contribution is -2.48. The topological polar surface area (TPSA) is 57.3 Å². The first-order chi connectivity index (χ1) is 11.0. The smallest absolute Gasteiger partial charge is 0.315 e. The van der Waals surface area contributed by atoms with Gasteiger partial charge in [-0.05, 0) is 31.4 Å². The molecule has 1 aromatic heterocycles. The molecular formula is C16H22F2N4O. The summed E-state index contributed by atoms with van der Waals surface area (Å²) in [6.45, 7) is 1.56. The van der Waals surface area contributed by atoms with E-state index in [1.165, 1.54) is 0 Å². The molecule has 0 bridgehead atoms. The Balaban J connectivity index is 1.43. The molecule has 1 aromatic rings. The van der Waals surface area contributed by atoms with Gasteiger partial charge in [-0.3, -0.25) is 0 Å². The molecule has 5 nitrogen and oxygen atoms in total. The second-order valence-electron chi connectivity index (χ2n) is 6.37. The van der Waals surface area contributed by atoms with Crippen LogP contribution in [-0.4, -0.2) is 42.1 Å². The number of halogens is 2. The molecule has 3 rings (SSSR count). The average molecular weight is 324 g/mol. The monoisotopic (exact) mass is 324 g/mol. The van der Waals surface area contributed by atoms with Crippen molar-refractivity contribution < 1.29 is 13.6 Å². The van der Waals surface area contributed by atoms with E-state index in [1.54, 1.807) is 6.20 Å². The van der Waals surface area contributed by atoms with E-state index >= 15 is 0 Å². The summed E-state index contributed by atoms with van der Waals surface area (Å²) >= 11 is 0. The number of aromatic nitrogens is 1. The maximum Gasteiger partial charge on any atom is 0.315 e. The van der Waals surface area contributed by atoms with Crippen LogP contribution in [0.1, 0.15) is 32.1 Å². The highest BCUT2D eigenvalue weighted by atomic mass is 19.3. The number of anilines is 1. The quantitative estimate of drug-likeness (QED) is 0.898. The summed E-state index contributed by atoms with van der Waals surface area (Å²) in [4.78, 5) is 18.5. The zero-order chi connectivity index (χ0) is 16.3. The molecule has 2 fully saturated rings. The maximum atomic E-state index is 13.1. The van der Waals surface area contributed by atoms with Crippen molar-refractivity contribution in [2.24, 2.45) is 0 Å². The lowest BCUT2D eigenvalue weighted by Gasteiger charge is -2.29. The SMILES string of the molecule is O=C(NC1CCC(F)(F)CC1)NC1CCN(c2ccccn2)C1. The Morgan fingerprint density at radius 2 is 1.91 bits per heavy atom. The lowest BCUT2D eigenvalue weighted by atomic mass is 9.92. The number of alkyl halides is 2. The van der Waals surface area contributed by atoms with Crippen LogP contribution in [-0.2, 0) is 0 Å². The van der Waals surface area contributed by atoms with Crippen LogP contribution >= 0.6 is 0 Å². The van der Waals surface area contributed by atoms with Crippen molar-refractivity contribution in [1.82, 2.24) is 15.6 Å². The van der Waals surface area contributed by atoms with Crippen molar-refractivity contribution in [1.29, 1.82) is 0 Å². The minimum Gasteiger partial charge on any atom is -0.354 e. The third kappa shape index (κ3) is 4.30. The van der Waals surface area contributed by atoms with Crippen LogP contribution in [0, 0.1) is 0 Å². The van der Waals surface area contributed by atoms with E-state index in [9.17, 15) is 13.6 Å². The number of pyridine rings is 1. The number of nitrogens with zero attached hydrogens (tertiary/aromatic N) is 2. The minimum absolute atomic E-state index is 0.0574. The van der Waals surface area contributed by atoms with Gasteiger partial charge < -0.3 is 15.5 Å². The van der Waals surface area contributed by atoms with E-state index in [0.29, 0.717) is 19.4 Å². The van der Waals surface area contributed by atoms with Crippen LogP contribution in [0.3, 0.4) is 0 Å². The second-order valence-corrected chi connectivity index (χ2v) is 6.37. The molecule has 1 aliphatic carbocycles. The van der Waals surface area contributed by atoms with E-state index in [-0.39, 0.29) is 31.0 Å². The maximum absolute atomic E-state index is 13.1. The molecule has 23 heavy (non-hydrogen) atoms. The van der Waals surface area contributed by atoms with Crippen LogP contribution in [0.5, 0.6) is 0 Å². The third-order valence-corrected chi connectivity index (χ3v) is 4.55. The predicted molar refractivity (Wildman–Crippen MR) is 83.7 cm³/mol. The van der Waals surface area contributed by atoms with Gasteiger partial charge in [-0.25, -0.2) is 18.6 Å². The summed E-state index contributed by atoms with van der Waals surface area (Å²) in [5.41, 5.74) is 0. The van der Waals surface area contributed by atoms with Gasteiger partial charge in [0.1, 0.15) is 5.82 Å². The second kappa shape index (κ2) is 6.68. The van der Waals surface area contributed by atoms with Gasteiger partial charge in [0, 0.05) is 44.2 Å². The largest absolute Gasteiger partial charge is 0.354 e. The summed E-state index contributed by atoms with van der Waals surface area (Å²) in [6, 6.07) is 5.41. The molecule has 1 unspecified atom stereocenters. The van der Waals surface area contributed by atoms with Crippen LogP contribution in [0.4, 0.5) is 19.4 Å². The molecule has 2 amide bonds. The molecule has 7 heteroatoms. The molecule has 0 aromatic carbocycles. The first-order valence-corrected chi connectivity index (χ1v) is 8.13. The average Bonchev–Trinajstić information content (AvgIpc) is 2.99. The molecule has 0 spiro atoms. The summed E-state index contributed by atoms with van der Waals surface area (Å²) in [5, 5.41) is 5.76. The van der Waals surface area contributed by atoms with Crippen molar-refractivity contribution in [2.75, 3.05) is 18.0 Å². The van der Waals surface area contributed by atoms with E-state index in [0.717, 1.165) is 18.8 Å². The van der Waals surface area contributed by atoms with Crippen LogP contribution < -0.4 is 15.5 Å². The van der Waals surface area contributed by atoms with Gasteiger partial charge >= 0.3 is 6.03 Å². The molecule has 1 aliphatic heterocycles. The van der Waals surface area contributed by atoms with Crippen LogP contribution in [0.15, 0.2) is 24.4 Å². The number of urea groups is 1. The van der Waals surface area contributed by atoms with Gasteiger partial charge in [-0.1, -0.05) is 6.07 Å². The minimum atomic E-state index is -2.57. The van der Waals surface area contributed by atoms with E-state index in [2.05, 4.69) is 20.5 Å². The number of amides is 2. The Bertz CT molecular complexity index is 530. The fourth-order valence-electron chi connectivity index (χ4n) is 3.22. The number of nitrogens with one attached hydrogen (secondary N) is 2. The number of hydrogen-bond acceptors (Lipinski definition) is 3. The fourth-order valence-corrected chi connectivity index (χ4v) is 3.22. The van der Waals surface area contributed by atoms with Gasteiger partial charge in [0.25, 0.3) is 0 Å². The molecular weight excluding hydrogens is 302 g/mol. The normalized spacial score (nSPS) is 24.4. The molecule has 2 aliphatic rings. The van der Waals surface area contributed by atoms with E-state index in [1.807, 2.05) is 18.2 Å². The van der Waals surface area contributed by atoms with Crippen molar-refractivity contribution in [2.45, 2.75) is 50.1 Å². The van der Waals surface area contributed by atoms with Gasteiger partial charge in [0.2, 0.25) is 5.92 Å². The first-order valence-electron chi connectivity index (χ1n) is 8.13. The van der Waals surface area contributed by atoms with Gasteiger partial charge in [-0.2, -0.15) is 0 Å². The Morgan fingerprint density at radius 1 is 1.17 bits per heavy atom. The standard InChI is InChI=1S/C16H22F2N4O/c17-16(18)7-4-12(5-8-16)20-15(23)21-13-6-10-22(11-13)14-3-1-2-9-19-14/h1-3,9,12-13H,4-8,10-11H2,(H2,20,21,23). The fraction of sp³-hybridized carbons (Fsp3) is 0.625. The molecule has 1 saturated carbocycles.